The third kappa shape index (κ3) is 3.47. The molecule has 1 aromatic rings. The molecule has 1 atom stereocenters. The predicted molar refractivity (Wildman–Crippen MR) is 53.9 cm³/mol. The van der Waals surface area contributed by atoms with Crippen molar-refractivity contribution in [1.29, 1.82) is 0 Å². The summed E-state index contributed by atoms with van der Waals surface area (Å²) in [4.78, 5) is 0. The molecule has 4 nitrogen and oxygen atoms in total. The number of aryl methyl sites for hydroxylation is 1. The summed E-state index contributed by atoms with van der Waals surface area (Å²) in [7, 11) is 0. The molecule has 0 bridgehead atoms. The fourth-order valence-corrected chi connectivity index (χ4v) is 1.39. The summed E-state index contributed by atoms with van der Waals surface area (Å²) in [6, 6.07) is 0. The number of aliphatic hydroxyl groups excluding tert-OH is 2. The minimum Gasteiger partial charge on any atom is -0.396 e. The molecule has 0 fully saturated rings. The maximum Gasteiger partial charge on any atom is 0.0582 e. The highest BCUT2D eigenvalue weighted by Crippen LogP contribution is 2.06. The monoisotopic (exact) mass is 198 g/mol. The Kier molecular flexibility index (Phi) is 4.62. The Morgan fingerprint density at radius 2 is 2.36 bits per heavy atom. The summed E-state index contributed by atoms with van der Waals surface area (Å²) < 4.78 is 1.84. The molecule has 14 heavy (non-hydrogen) atoms. The molecule has 1 rings (SSSR count). The standard InChI is InChI=1S/C10H18N2O2/c1-2-12-8-9(7-11-12)6-10(14)4-3-5-13/h7-8,10,13-14H,2-6H2,1H3. The van der Waals surface area contributed by atoms with Gasteiger partial charge in [0, 0.05) is 25.8 Å². The second-order valence-electron chi connectivity index (χ2n) is 3.43. The van der Waals surface area contributed by atoms with Crippen LogP contribution in [0.15, 0.2) is 12.4 Å². The Morgan fingerprint density at radius 3 is 2.93 bits per heavy atom. The molecule has 4 heteroatoms. The highest BCUT2D eigenvalue weighted by Gasteiger charge is 2.06. The molecule has 0 aliphatic heterocycles. The molecule has 1 heterocycles. The number of hydrogen-bond acceptors (Lipinski definition) is 3. The molecule has 0 spiro atoms. The highest BCUT2D eigenvalue weighted by molar-refractivity contribution is 5.05. The molecular formula is C10H18N2O2. The third-order valence-corrected chi connectivity index (χ3v) is 2.18. The topological polar surface area (TPSA) is 58.3 Å². The van der Waals surface area contributed by atoms with Gasteiger partial charge in [0.2, 0.25) is 0 Å². The first-order chi connectivity index (χ1) is 6.76. The Labute approximate surface area is 84.2 Å². The van der Waals surface area contributed by atoms with Gasteiger partial charge in [-0.1, -0.05) is 0 Å². The smallest absolute Gasteiger partial charge is 0.0582 e. The number of aromatic nitrogens is 2. The van der Waals surface area contributed by atoms with Gasteiger partial charge in [-0.05, 0) is 25.3 Å². The van der Waals surface area contributed by atoms with Crippen molar-refractivity contribution in [2.75, 3.05) is 6.61 Å². The van der Waals surface area contributed by atoms with E-state index in [1.54, 1.807) is 6.20 Å². The Morgan fingerprint density at radius 1 is 1.57 bits per heavy atom. The van der Waals surface area contributed by atoms with Crippen LogP contribution in [0.4, 0.5) is 0 Å². The van der Waals surface area contributed by atoms with E-state index in [0.29, 0.717) is 19.3 Å². The van der Waals surface area contributed by atoms with E-state index < -0.39 is 0 Å². The molecule has 0 amide bonds. The molecule has 1 unspecified atom stereocenters. The van der Waals surface area contributed by atoms with Crippen LogP contribution in [0.1, 0.15) is 25.3 Å². The summed E-state index contributed by atoms with van der Waals surface area (Å²) in [6.45, 7) is 3.02. The van der Waals surface area contributed by atoms with Gasteiger partial charge >= 0.3 is 0 Å². The first kappa shape index (κ1) is 11.2. The number of nitrogens with zero attached hydrogens (tertiary/aromatic N) is 2. The first-order valence-electron chi connectivity index (χ1n) is 5.06. The molecule has 0 saturated carbocycles. The lowest BCUT2D eigenvalue weighted by Crippen LogP contribution is -2.10. The lowest BCUT2D eigenvalue weighted by atomic mass is 10.1. The van der Waals surface area contributed by atoms with E-state index in [4.69, 9.17) is 5.11 Å². The molecule has 0 radical (unpaired) electrons. The number of aliphatic hydroxyl groups is 2. The van der Waals surface area contributed by atoms with Crippen LogP contribution in [0.3, 0.4) is 0 Å². The Bertz CT molecular complexity index is 260. The van der Waals surface area contributed by atoms with E-state index in [-0.39, 0.29) is 12.7 Å². The van der Waals surface area contributed by atoms with Crippen molar-refractivity contribution in [1.82, 2.24) is 9.78 Å². The van der Waals surface area contributed by atoms with Gasteiger partial charge in [-0.15, -0.1) is 0 Å². The lowest BCUT2D eigenvalue weighted by Gasteiger charge is -2.07. The fourth-order valence-electron chi connectivity index (χ4n) is 1.39. The molecule has 0 aliphatic carbocycles. The largest absolute Gasteiger partial charge is 0.396 e. The van der Waals surface area contributed by atoms with E-state index in [0.717, 1.165) is 12.1 Å². The van der Waals surface area contributed by atoms with E-state index >= 15 is 0 Å². The van der Waals surface area contributed by atoms with Crippen LogP contribution >= 0.6 is 0 Å². The van der Waals surface area contributed by atoms with Crippen LogP contribution in [0.5, 0.6) is 0 Å². The van der Waals surface area contributed by atoms with Crippen molar-refractivity contribution in [3.05, 3.63) is 18.0 Å². The van der Waals surface area contributed by atoms with Gasteiger partial charge in [0.25, 0.3) is 0 Å². The van der Waals surface area contributed by atoms with Crippen molar-refractivity contribution in [2.45, 2.75) is 38.8 Å². The minimum atomic E-state index is -0.364. The Balaban J connectivity index is 2.35. The summed E-state index contributed by atoms with van der Waals surface area (Å²) in [5.74, 6) is 0. The fraction of sp³-hybridized carbons (Fsp3) is 0.700. The Hall–Kier alpha value is -0.870. The van der Waals surface area contributed by atoms with Gasteiger partial charge in [0.15, 0.2) is 0 Å². The summed E-state index contributed by atoms with van der Waals surface area (Å²) in [5, 5.41) is 22.3. The molecule has 0 aromatic carbocycles. The second kappa shape index (κ2) is 5.78. The van der Waals surface area contributed by atoms with Gasteiger partial charge in [-0.3, -0.25) is 4.68 Å². The molecular weight excluding hydrogens is 180 g/mol. The maximum atomic E-state index is 9.57. The van der Waals surface area contributed by atoms with Crippen LogP contribution in [-0.4, -0.2) is 32.7 Å². The highest BCUT2D eigenvalue weighted by atomic mass is 16.3. The van der Waals surface area contributed by atoms with E-state index in [1.807, 2.05) is 17.8 Å². The van der Waals surface area contributed by atoms with Crippen molar-refractivity contribution in [3.8, 4) is 0 Å². The zero-order valence-corrected chi connectivity index (χ0v) is 8.56. The van der Waals surface area contributed by atoms with Crippen LogP contribution in [0, 0.1) is 0 Å². The van der Waals surface area contributed by atoms with Crippen molar-refractivity contribution in [2.24, 2.45) is 0 Å². The van der Waals surface area contributed by atoms with Crippen LogP contribution in [0.25, 0.3) is 0 Å². The quantitative estimate of drug-likeness (QED) is 0.703. The molecule has 80 valence electrons. The van der Waals surface area contributed by atoms with Crippen molar-refractivity contribution in [3.63, 3.8) is 0 Å². The number of rotatable bonds is 6. The average molecular weight is 198 g/mol. The second-order valence-corrected chi connectivity index (χ2v) is 3.43. The normalized spacial score (nSPS) is 13.1. The molecule has 0 aliphatic rings. The molecule has 0 saturated heterocycles. The van der Waals surface area contributed by atoms with Crippen molar-refractivity contribution < 1.29 is 10.2 Å². The summed E-state index contributed by atoms with van der Waals surface area (Å²) >= 11 is 0. The van der Waals surface area contributed by atoms with Crippen LogP contribution < -0.4 is 0 Å². The van der Waals surface area contributed by atoms with E-state index in [1.165, 1.54) is 0 Å². The minimum absolute atomic E-state index is 0.144. The SMILES string of the molecule is CCn1cc(CC(O)CCCO)cn1. The summed E-state index contributed by atoms with van der Waals surface area (Å²) in [6.07, 6.45) is 5.29. The van der Waals surface area contributed by atoms with Crippen molar-refractivity contribution >= 4 is 0 Å². The van der Waals surface area contributed by atoms with E-state index in [9.17, 15) is 5.11 Å². The number of hydrogen-bond donors (Lipinski definition) is 2. The maximum absolute atomic E-state index is 9.57. The third-order valence-electron chi connectivity index (χ3n) is 2.18. The molecule has 2 N–H and O–H groups in total. The van der Waals surface area contributed by atoms with Gasteiger partial charge < -0.3 is 10.2 Å². The van der Waals surface area contributed by atoms with Gasteiger partial charge in [0.05, 0.1) is 12.3 Å². The molecule has 1 aromatic heterocycles. The van der Waals surface area contributed by atoms with Gasteiger partial charge in [-0.25, -0.2) is 0 Å². The van der Waals surface area contributed by atoms with Crippen LogP contribution in [-0.2, 0) is 13.0 Å². The van der Waals surface area contributed by atoms with E-state index in [2.05, 4.69) is 5.10 Å². The van der Waals surface area contributed by atoms with Gasteiger partial charge in [-0.2, -0.15) is 5.10 Å². The zero-order valence-electron chi connectivity index (χ0n) is 8.56. The zero-order chi connectivity index (χ0) is 10.4. The summed E-state index contributed by atoms with van der Waals surface area (Å²) in [5.41, 5.74) is 1.05. The predicted octanol–water partition coefficient (Wildman–Crippen LogP) is 0.579. The average Bonchev–Trinajstić information content (AvgIpc) is 2.62. The van der Waals surface area contributed by atoms with Crippen LogP contribution in [0.2, 0.25) is 0 Å². The van der Waals surface area contributed by atoms with Gasteiger partial charge in [0.1, 0.15) is 0 Å². The first-order valence-corrected chi connectivity index (χ1v) is 5.06. The lowest BCUT2D eigenvalue weighted by molar-refractivity contribution is 0.150.